The average molecular weight is 380 g/mol. The number of hydrogen-bond acceptors (Lipinski definition) is 1. The van der Waals surface area contributed by atoms with E-state index in [1.165, 1.54) is 24.0 Å². The molecule has 0 fully saturated rings. The molecule has 0 unspecified atom stereocenters. The summed E-state index contributed by atoms with van der Waals surface area (Å²) in [6.45, 7) is 10.2. The molecule has 0 radical (unpaired) electrons. The summed E-state index contributed by atoms with van der Waals surface area (Å²) in [5, 5.41) is 3.47. The van der Waals surface area contributed by atoms with Crippen molar-refractivity contribution in [2.45, 2.75) is 58.9 Å². The van der Waals surface area contributed by atoms with E-state index in [4.69, 9.17) is 0 Å². The van der Waals surface area contributed by atoms with Crippen LogP contribution in [0.5, 0.6) is 0 Å². The van der Waals surface area contributed by atoms with E-state index in [9.17, 15) is 4.39 Å². The summed E-state index contributed by atoms with van der Waals surface area (Å²) in [5.41, 5.74) is 5.03. The zero-order valence-electron chi connectivity index (χ0n) is 17.4. The standard InChI is InChI=1S/C26H34FN/c1-4-5-7-13-23-15-16-25(26(27)19-23)22(3)12-8-6-9-17-28-20-24-14-10-11-21(2)18-24/h8,10-12,14-16,18-19,28H,3-7,9,13,17,20H2,1-2H3/b12-8-. The lowest BCUT2D eigenvalue weighted by Crippen LogP contribution is -2.14. The van der Waals surface area contributed by atoms with Crippen LogP contribution in [0.3, 0.4) is 0 Å². The smallest absolute Gasteiger partial charge is 0.131 e. The monoisotopic (exact) mass is 379 g/mol. The maximum Gasteiger partial charge on any atom is 0.131 e. The summed E-state index contributed by atoms with van der Waals surface area (Å²) in [7, 11) is 0. The lowest BCUT2D eigenvalue weighted by atomic mass is 10.0. The van der Waals surface area contributed by atoms with Gasteiger partial charge in [0, 0.05) is 12.1 Å². The third-order valence-electron chi connectivity index (χ3n) is 4.90. The van der Waals surface area contributed by atoms with Crippen LogP contribution in [-0.4, -0.2) is 6.54 Å². The number of halogens is 1. The van der Waals surface area contributed by atoms with Crippen LogP contribution in [0.4, 0.5) is 4.39 Å². The Balaban J connectivity index is 1.69. The quantitative estimate of drug-likeness (QED) is 0.309. The van der Waals surface area contributed by atoms with Crippen LogP contribution in [0, 0.1) is 12.7 Å². The van der Waals surface area contributed by atoms with Crippen molar-refractivity contribution in [1.29, 1.82) is 0 Å². The van der Waals surface area contributed by atoms with Crippen molar-refractivity contribution in [3.63, 3.8) is 0 Å². The molecule has 0 saturated carbocycles. The molecule has 0 atom stereocenters. The van der Waals surface area contributed by atoms with Gasteiger partial charge in [-0.3, -0.25) is 0 Å². The van der Waals surface area contributed by atoms with Gasteiger partial charge in [0.05, 0.1) is 0 Å². The molecule has 0 amide bonds. The second kappa shape index (κ2) is 12.3. The fourth-order valence-electron chi connectivity index (χ4n) is 3.27. The highest BCUT2D eigenvalue weighted by atomic mass is 19.1. The number of allylic oxidation sites excluding steroid dienone is 3. The molecule has 0 aliphatic heterocycles. The van der Waals surface area contributed by atoms with Gasteiger partial charge in [-0.1, -0.05) is 80.5 Å². The SMILES string of the molecule is C=C(/C=C\CCCNCc1cccc(C)c1)c1ccc(CCCCC)cc1F. The van der Waals surface area contributed by atoms with Gasteiger partial charge in [0.15, 0.2) is 0 Å². The molecule has 2 aromatic carbocycles. The summed E-state index contributed by atoms with van der Waals surface area (Å²) < 4.78 is 14.4. The van der Waals surface area contributed by atoms with E-state index in [1.807, 2.05) is 18.2 Å². The second-order valence-electron chi connectivity index (χ2n) is 7.51. The van der Waals surface area contributed by atoms with Crippen molar-refractivity contribution in [1.82, 2.24) is 5.32 Å². The number of aryl methyl sites for hydroxylation is 2. The normalized spacial score (nSPS) is 11.2. The first kappa shape index (κ1) is 22.1. The van der Waals surface area contributed by atoms with Crippen molar-refractivity contribution in [3.8, 4) is 0 Å². The topological polar surface area (TPSA) is 12.0 Å². The van der Waals surface area contributed by atoms with Gasteiger partial charge in [-0.05, 0) is 61.9 Å². The van der Waals surface area contributed by atoms with Gasteiger partial charge in [0.2, 0.25) is 0 Å². The molecule has 2 rings (SSSR count). The fourth-order valence-corrected chi connectivity index (χ4v) is 3.27. The first-order valence-electron chi connectivity index (χ1n) is 10.5. The highest BCUT2D eigenvalue weighted by Crippen LogP contribution is 2.20. The minimum atomic E-state index is -0.163. The van der Waals surface area contributed by atoms with Crippen LogP contribution < -0.4 is 5.32 Å². The van der Waals surface area contributed by atoms with Crippen molar-refractivity contribution in [2.75, 3.05) is 6.54 Å². The van der Waals surface area contributed by atoms with Crippen LogP contribution in [0.2, 0.25) is 0 Å². The molecule has 1 N–H and O–H groups in total. The van der Waals surface area contributed by atoms with Crippen LogP contribution in [0.25, 0.3) is 5.57 Å². The molecule has 0 saturated heterocycles. The predicted molar refractivity (Wildman–Crippen MR) is 120 cm³/mol. The third kappa shape index (κ3) is 7.82. The van der Waals surface area contributed by atoms with Gasteiger partial charge in [-0.2, -0.15) is 0 Å². The highest BCUT2D eigenvalue weighted by molar-refractivity contribution is 5.72. The Morgan fingerprint density at radius 3 is 2.68 bits per heavy atom. The number of rotatable bonds is 12. The molecule has 2 heteroatoms. The first-order chi connectivity index (χ1) is 13.6. The van der Waals surface area contributed by atoms with Crippen molar-refractivity contribution in [2.24, 2.45) is 0 Å². The van der Waals surface area contributed by atoms with E-state index in [0.29, 0.717) is 5.56 Å². The van der Waals surface area contributed by atoms with E-state index >= 15 is 0 Å². The van der Waals surface area contributed by atoms with Crippen LogP contribution in [0.15, 0.2) is 61.2 Å². The molecular formula is C26H34FN. The molecule has 0 heterocycles. The molecule has 0 aliphatic carbocycles. The Bertz CT molecular complexity index is 776. The molecule has 0 aromatic heterocycles. The summed E-state index contributed by atoms with van der Waals surface area (Å²) in [6.07, 6.45) is 10.5. The lowest BCUT2D eigenvalue weighted by molar-refractivity contribution is 0.619. The number of nitrogens with one attached hydrogen (secondary N) is 1. The summed E-state index contributed by atoms with van der Waals surface area (Å²) in [5.74, 6) is -0.163. The maximum absolute atomic E-state index is 14.4. The Labute approximate surface area is 170 Å². The Morgan fingerprint density at radius 2 is 1.93 bits per heavy atom. The van der Waals surface area contributed by atoms with E-state index in [-0.39, 0.29) is 5.82 Å². The first-order valence-corrected chi connectivity index (χ1v) is 10.5. The van der Waals surface area contributed by atoms with E-state index < -0.39 is 0 Å². The van der Waals surface area contributed by atoms with E-state index in [1.54, 1.807) is 6.07 Å². The zero-order chi connectivity index (χ0) is 20.2. The molecule has 0 bridgehead atoms. The summed E-state index contributed by atoms with van der Waals surface area (Å²) in [6, 6.07) is 14.1. The zero-order valence-corrected chi connectivity index (χ0v) is 17.4. The van der Waals surface area contributed by atoms with Crippen molar-refractivity contribution < 1.29 is 4.39 Å². The van der Waals surface area contributed by atoms with Crippen molar-refractivity contribution >= 4 is 5.57 Å². The molecule has 0 spiro atoms. The minimum absolute atomic E-state index is 0.163. The fraction of sp³-hybridized carbons (Fsp3) is 0.385. The summed E-state index contributed by atoms with van der Waals surface area (Å²) >= 11 is 0. The largest absolute Gasteiger partial charge is 0.313 e. The van der Waals surface area contributed by atoms with Gasteiger partial charge >= 0.3 is 0 Å². The van der Waals surface area contributed by atoms with Crippen LogP contribution in [0.1, 0.15) is 61.3 Å². The highest BCUT2D eigenvalue weighted by Gasteiger charge is 2.05. The van der Waals surface area contributed by atoms with E-state index in [2.05, 4.69) is 56.1 Å². The molecular weight excluding hydrogens is 345 g/mol. The third-order valence-corrected chi connectivity index (χ3v) is 4.90. The number of unbranched alkanes of at least 4 members (excludes halogenated alkanes) is 3. The van der Waals surface area contributed by atoms with Gasteiger partial charge in [0.25, 0.3) is 0 Å². The van der Waals surface area contributed by atoms with Crippen LogP contribution >= 0.6 is 0 Å². The number of benzene rings is 2. The lowest BCUT2D eigenvalue weighted by Gasteiger charge is -2.07. The molecule has 1 nitrogen and oxygen atoms in total. The van der Waals surface area contributed by atoms with Gasteiger partial charge in [0.1, 0.15) is 5.82 Å². The second-order valence-corrected chi connectivity index (χ2v) is 7.51. The Kier molecular flexibility index (Phi) is 9.71. The number of hydrogen-bond donors (Lipinski definition) is 1. The van der Waals surface area contributed by atoms with Gasteiger partial charge in [-0.25, -0.2) is 4.39 Å². The van der Waals surface area contributed by atoms with Crippen molar-refractivity contribution in [3.05, 3.63) is 89.3 Å². The maximum atomic E-state index is 14.4. The Morgan fingerprint density at radius 1 is 1.07 bits per heavy atom. The van der Waals surface area contributed by atoms with Gasteiger partial charge < -0.3 is 5.32 Å². The molecule has 150 valence electrons. The molecule has 2 aromatic rings. The van der Waals surface area contributed by atoms with Crippen LogP contribution in [-0.2, 0) is 13.0 Å². The van der Waals surface area contributed by atoms with Gasteiger partial charge in [-0.15, -0.1) is 0 Å². The van der Waals surface area contributed by atoms with E-state index in [0.717, 1.165) is 49.9 Å². The predicted octanol–water partition coefficient (Wildman–Crippen LogP) is 7.01. The molecule has 28 heavy (non-hydrogen) atoms. The molecule has 0 aliphatic rings. The summed E-state index contributed by atoms with van der Waals surface area (Å²) in [4.78, 5) is 0. The average Bonchev–Trinajstić information content (AvgIpc) is 2.67. The minimum Gasteiger partial charge on any atom is -0.313 e. The Hall–Kier alpha value is -2.19.